The van der Waals surface area contributed by atoms with E-state index in [0.717, 1.165) is 4.90 Å². The smallest absolute Gasteiger partial charge is 0.390 e. The average molecular weight is 1440 g/mol. The molecule has 0 aromatic rings. The highest BCUT2D eigenvalue weighted by Gasteiger charge is 2.46. The summed E-state index contributed by atoms with van der Waals surface area (Å²) in [5, 5.41) is 25.8. The number of ether oxygens (including phenoxy) is 1. The SMILES string of the molecule is C/C=C/C[C@@H](C)[C@@H](O)[C@@H](C(=O)N[C@@H](CC)C(=O)N(C)[C@H](C)C(C)=O)N(C)C(=O)[C@H](C(C)C)N(C)C(=O)[C@H](CC(C)C)N(C)C(=O)[C@H](CC(C)C)N(C)C(=O)[C@@H](C)NC(=O)[C@H](C)NC(=O)[C@H](CC(C)C)N(C)C(=O)[C@@H](NC(=O)[C@@H](NC)[C@H](C)COCC(=O)N1CCN(CC(F)(F)F)CC1)C(C)C. The minimum absolute atomic E-state index is 0.0604. The molecule has 1 fully saturated rings. The molecule has 0 spiro atoms. The van der Waals surface area contributed by atoms with Crippen molar-refractivity contribution in [2.24, 2.45) is 41.4 Å². The number of allylic oxidation sites excluding steroid dienone is 2. The molecular weight excluding hydrogens is 1320 g/mol. The summed E-state index contributed by atoms with van der Waals surface area (Å²) in [5.74, 6) is -10.1. The molecule has 0 bridgehead atoms. The minimum Gasteiger partial charge on any atom is -0.390 e. The summed E-state index contributed by atoms with van der Waals surface area (Å²) >= 11 is 0. The van der Waals surface area contributed by atoms with Crippen LogP contribution in [0.25, 0.3) is 0 Å². The highest BCUT2D eigenvalue weighted by atomic mass is 19.4. The van der Waals surface area contributed by atoms with Crippen molar-refractivity contribution >= 4 is 70.8 Å². The van der Waals surface area contributed by atoms with E-state index in [4.69, 9.17) is 4.74 Å². The fourth-order valence-electron chi connectivity index (χ4n) is 12.3. The molecule has 0 radical (unpaired) electrons. The maximum Gasteiger partial charge on any atom is 0.401 e. The Labute approximate surface area is 599 Å². The molecule has 6 N–H and O–H groups in total. The Morgan fingerprint density at radius 2 is 1.00 bits per heavy atom. The Bertz CT molecular complexity index is 2780. The van der Waals surface area contributed by atoms with Crippen LogP contribution in [0.5, 0.6) is 0 Å². The maximum atomic E-state index is 15.2. The Kier molecular flexibility index (Phi) is 39.0. The summed E-state index contributed by atoms with van der Waals surface area (Å²) in [4.78, 5) is 180. The molecule has 30 heteroatoms. The van der Waals surface area contributed by atoms with Gasteiger partial charge in [-0.25, -0.2) is 0 Å². The van der Waals surface area contributed by atoms with Gasteiger partial charge in [0.25, 0.3) is 0 Å². The Balaban J connectivity index is 3.45. The van der Waals surface area contributed by atoms with Crippen molar-refractivity contribution < 1.29 is 80.5 Å². The molecule has 0 aromatic carbocycles. The quantitative estimate of drug-likeness (QED) is 0.0479. The summed E-state index contributed by atoms with van der Waals surface area (Å²) in [6, 6.07) is -12.9. The second-order valence-electron chi connectivity index (χ2n) is 29.5. The van der Waals surface area contributed by atoms with Gasteiger partial charge in [-0.1, -0.05) is 102 Å². The number of aliphatic hydroxyl groups excluding tert-OH is 1. The molecule has 11 amide bonds. The summed E-state index contributed by atoms with van der Waals surface area (Å²) in [7, 11) is 10.0. The van der Waals surface area contributed by atoms with Crippen molar-refractivity contribution in [3.8, 4) is 0 Å². The van der Waals surface area contributed by atoms with E-state index in [9.17, 15) is 61.4 Å². The predicted molar refractivity (Wildman–Crippen MR) is 380 cm³/mol. The number of nitrogens with one attached hydrogen (secondary N) is 5. The van der Waals surface area contributed by atoms with Crippen molar-refractivity contribution in [3.63, 3.8) is 0 Å². The maximum absolute atomic E-state index is 15.2. The largest absolute Gasteiger partial charge is 0.401 e. The van der Waals surface area contributed by atoms with Gasteiger partial charge in [-0.2, -0.15) is 13.2 Å². The zero-order chi connectivity index (χ0) is 78.2. The third kappa shape index (κ3) is 28.1. The fraction of sp³-hybridized carbons (Fsp3) is 0.803. The molecule has 101 heavy (non-hydrogen) atoms. The highest BCUT2D eigenvalue weighted by molar-refractivity contribution is 5.99. The van der Waals surface area contributed by atoms with E-state index in [1.165, 1.54) is 97.4 Å². The molecule has 0 aromatic heterocycles. The van der Waals surface area contributed by atoms with Crippen LogP contribution in [-0.2, 0) is 62.3 Å². The number of nitrogens with zero attached hydrogens (tertiary/aromatic N) is 8. The first kappa shape index (κ1) is 92.2. The number of piperazine rings is 1. The summed E-state index contributed by atoms with van der Waals surface area (Å²) < 4.78 is 44.3. The van der Waals surface area contributed by atoms with Crippen molar-refractivity contribution in [2.45, 2.75) is 235 Å². The van der Waals surface area contributed by atoms with Crippen molar-refractivity contribution in [1.82, 2.24) is 65.8 Å². The van der Waals surface area contributed by atoms with Crippen LogP contribution in [-0.4, -0.2) is 289 Å². The van der Waals surface area contributed by atoms with Crippen LogP contribution < -0.4 is 26.6 Å². The van der Waals surface area contributed by atoms with Gasteiger partial charge in [0, 0.05) is 74.4 Å². The lowest BCUT2D eigenvalue weighted by Gasteiger charge is -2.41. The molecule has 0 aliphatic carbocycles. The van der Waals surface area contributed by atoms with Gasteiger partial charge in [-0.05, 0) is 109 Å². The lowest BCUT2D eigenvalue weighted by atomic mass is 9.91. The van der Waals surface area contributed by atoms with Crippen LogP contribution in [0.1, 0.15) is 157 Å². The van der Waals surface area contributed by atoms with Gasteiger partial charge in [0.15, 0.2) is 5.78 Å². The molecular formula is C71H126F3N13O14. The zero-order valence-electron chi connectivity index (χ0n) is 65.1. The molecule has 14 atom stereocenters. The first-order chi connectivity index (χ1) is 46.6. The Morgan fingerprint density at radius 3 is 1.46 bits per heavy atom. The van der Waals surface area contributed by atoms with E-state index in [-0.39, 0.29) is 88.6 Å². The molecule has 1 aliphatic heterocycles. The standard InChI is InChI=1S/C71H126F3N13O14/c1-26-28-29-45(13)60(90)59(64(94)78-51(27-2)66(96)80(20)49(17)50(18)88)85(25)70(100)58(44(11)12)84(24)68(98)54(36-42(7)8)83(23)67(97)53(35-41(5)6)82(22)65(95)48(16)77-61(91)47(15)76-62(92)52(34-40(3)4)81(21)69(99)56(43(9)10)79-63(93)57(75-19)46(14)37-101-38-55(89)87-32-30-86(31-33-87)39-71(72,73)74/h26,28,40-49,51-54,56-60,75,90H,27,29-39H2,1-25H3,(H,76,92)(H,77,91)(H,78,94)(H,79,93)/b28-26+/t45-,46-,47+,48-,49-,51+,52+,53+,54+,56+,57+,58+,59+,60-/m1/s1. The van der Waals surface area contributed by atoms with Crippen LogP contribution >= 0.6 is 0 Å². The van der Waals surface area contributed by atoms with Crippen LogP contribution in [0.2, 0.25) is 0 Å². The predicted octanol–water partition coefficient (Wildman–Crippen LogP) is 3.31. The second-order valence-corrected chi connectivity index (χ2v) is 29.5. The number of hydrogen-bond acceptors (Lipinski definition) is 16. The van der Waals surface area contributed by atoms with Gasteiger partial charge >= 0.3 is 6.18 Å². The number of ketones is 1. The Morgan fingerprint density at radius 1 is 0.525 bits per heavy atom. The lowest BCUT2D eigenvalue weighted by molar-refractivity contribution is -0.157. The number of hydrogen-bond donors (Lipinski definition) is 6. The van der Waals surface area contributed by atoms with E-state index < -0.39 is 174 Å². The number of Topliss-reactive ketones (excluding diaryl/α,β-unsaturated/α-hetero) is 1. The van der Waals surface area contributed by atoms with Crippen LogP contribution in [0.4, 0.5) is 13.2 Å². The van der Waals surface area contributed by atoms with Gasteiger partial charge in [0.1, 0.15) is 61.0 Å². The molecule has 1 rings (SSSR count). The second kappa shape index (κ2) is 42.7. The zero-order valence-corrected chi connectivity index (χ0v) is 65.1. The van der Waals surface area contributed by atoms with E-state index in [1.54, 1.807) is 81.5 Å². The molecule has 27 nitrogen and oxygen atoms in total. The summed E-state index contributed by atoms with van der Waals surface area (Å²) in [6.45, 7) is 29.4. The molecule has 1 heterocycles. The van der Waals surface area contributed by atoms with E-state index in [0.29, 0.717) is 6.42 Å². The average Bonchev–Trinajstić information content (AvgIpc) is 0.797. The summed E-state index contributed by atoms with van der Waals surface area (Å²) in [5.41, 5.74) is 0. The summed E-state index contributed by atoms with van der Waals surface area (Å²) in [6.07, 6.45) is -1.43. The van der Waals surface area contributed by atoms with Gasteiger partial charge < -0.3 is 70.7 Å². The lowest BCUT2D eigenvalue weighted by Crippen LogP contribution is -2.63. The third-order valence-electron chi connectivity index (χ3n) is 18.9. The Hall–Kier alpha value is -6.79. The fourth-order valence-corrected chi connectivity index (χ4v) is 12.3. The van der Waals surface area contributed by atoms with E-state index in [1.807, 2.05) is 41.5 Å². The molecule has 1 saturated heterocycles. The van der Waals surface area contributed by atoms with Gasteiger partial charge in [-0.15, -0.1) is 0 Å². The molecule has 0 saturated carbocycles. The highest BCUT2D eigenvalue weighted by Crippen LogP contribution is 2.26. The van der Waals surface area contributed by atoms with Crippen molar-refractivity contribution in [2.75, 3.05) is 95.3 Å². The van der Waals surface area contributed by atoms with Crippen LogP contribution in [0, 0.1) is 41.4 Å². The third-order valence-corrected chi connectivity index (χ3v) is 18.9. The van der Waals surface area contributed by atoms with E-state index >= 15 is 14.4 Å². The van der Waals surface area contributed by atoms with Crippen molar-refractivity contribution in [1.29, 1.82) is 0 Å². The number of halogens is 3. The number of aliphatic hydroxyl groups is 1. The molecule has 580 valence electrons. The number of carbonyl (C=O) groups is 12. The number of likely N-dealkylation sites (N-methyl/N-ethyl adjacent to an activating group) is 7. The topological polar surface area (TPSA) is 320 Å². The number of rotatable bonds is 41. The van der Waals surface area contributed by atoms with Crippen LogP contribution in [0.3, 0.4) is 0 Å². The number of alkyl halides is 3. The molecule has 0 unspecified atom stereocenters. The minimum atomic E-state index is -4.35. The van der Waals surface area contributed by atoms with Gasteiger partial charge in [0.2, 0.25) is 65.0 Å². The van der Waals surface area contributed by atoms with Crippen molar-refractivity contribution in [3.05, 3.63) is 12.2 Å². The van der Waals surface area contributed by atoms with Gasteiger partial charge in [0.05, 0.1) is 31.3 Å². The first-order valence-corrected chi connectivity index (χ1v) is 35.6. The monoisotopic (exact) mass is 1440 g/mol. The number of amides is 11. The molecule has 1 aliphatic rings. The van der Waals surface area contributed by atoms with Crippen LogP contribution in [0.15, 0.2) is 12.2 Å². The number of carbonyl (C=O) groups excluding carboxylic acids is 12. The first-order valence-electron chi connectivity index (χ1n) is 35.6. The van der Waals surface area contributed by atoms with Gasteiger partial charge in [-0.3, -0.25) is 62.4 Å². The normalized spacial score (nSPS) is 17.3. The van der Waals surface area contributed by atoms with E-state index in [2.05, 4.69) is 26.6 Å².